The fourth-order valence-electron chi connectivity index (χ4n) is 3.78. The standard InChI is InChI=1S/C23H28N2O5S/c1-3-25(20-10-6-5-7-11-20)31(28,29)21-14-12-18(13-15-21)22(26)24-16-8-9-19(17-24)23(27)30-4-2/h5-7,10-15,19H,3-4,8-9,16-17H2,1-2H3/t19-/m0/s1. The predicted octanol–water partition coefficient (Wildman–Crippen LogP) is 3.32. The molecule has 2 aromatic carbocycles. The molecule has 0 spiro atoms. The van der Waals surface area contributed by atoms with Gasteiger partial charge in [-0.3, -0.25) is 13.9 Å². The quantitative estimate of drug-likeness (QED) is 0.612. The molecule has 0 N–H and O–H groups in total. The molecule has 0 radical (unpaired) electrons. The summed E-state index contributed by atoms with van der Waals surface area (Å²) in [7, 11) is -3.75. The van der Waals surface area contributed by atoms with E-state index in [-0.39, 0.29) is 29.2 Å². The third kappa shape index (κ3) is 5.07. The SMILES string of the molecule is CCOC(=O)[C@H]1CCCN(C(=O)c2ccc(S(=O)(=O)N(CC)c3ccccc3)cc2)C1. The van der Waals surface area contributed by atoms with Crippen LogP contribution in [0.5, 0.6) is 0 Å². The summed E-state index contributed by atoms with van der Waals surface area (Å²) >= 11 is 0. The minimum absolute atomic E-state index is 0.123. The van der Waals surface area contributed by atoms with Crippen molar-refractivity contribution in [3.05, 3.63) is 60.2 Å². The summed E-state index contributed by atoms with van der Waals surface area (Å²) in [5.74, 6) is -0.809. The van der Waals surface area contributed by atoms with Crippen molar-refractivity contribution in [2.45, 2.75) is 31.6 Å². The number of benzene rings is 2. The Hall–Kier alpha value is -2.87. The maximum Gasteiger partial charge on any atom is 0.310 e. The number of sulfonamides is 1. The lowest BCUT2D eigenvalue weighted by Crippen LogP contribution is -2.42. The summed E-state index contributed by atoms with van der Waals surface area (Å²) in [6.45, 7) is 5.02. The minimum Gasteiger partial charge on any atom is -0.466 e. The summed E-state index contributed by atoms with van der Waals surface area (Å²) in [6.07, 6.45) is 1.43. The van der Waals surface area contributed by atoms with E-state index in [2.05, 4.69) is 0 Å². The molecule has 0 aliphatic carbocycles. The Morgan fingerprint density at radius 1 is 1.06 bits per heavy atom. The van der Waals surface area contributed by atoms with Crippen LogP contribution in [0.2, 0.25) is 0 Å². The summed E-state index contributed by atoms with van der Waals surface area (Å²) < 4.78 is 32.6. The van der Waals surface area contributed by atoms with Gasteiger partial charge in [0.05, 0.1) is 23.1 Å². The highest BCUT2D eigenvalue weighted by atomic mass is 32.2. The number of anilines is 1. The van der Waals surface area contributed by atoms with E-state index in [9.17, 15) is 18.0 Å². The van der Waals surface area contributed by atoms with Crippen molar-refractivity contribution < 1.29 is 22.7 Å². The second kappa shape index (κ2) is 9.96. The average molecular weight is 445 g/mol. The number of para-hydroxylation sites is 1. The molecule has 7 nitrogen and oxygen atoms in total. The molecule has 0 saturated carbocycles. The zero-order valence-corrected chi connectivity index (χ0v) is 18.7. The van der Waals surface area contributed by atoms with Crippen LogP contribution in [0.1, 0.15) is 37.0 Å². The lowest BCUT2D eigenvalue weighted by atomic mass is 9.97. The summed E-state index contributed by atoms with van der Waals surface area (Å²) in [5.41, 5.74) is 0.981. The third-order valence-electron chi connectivity index (χ3n) is 5.35. The lowest BCUT2D eigenvalue weighted by Gasteiger charge is -2.31. The lowest BCUT2D eigenvalue weighted by molar-refractivity contribution is -0.149. The predicted molar refractivity (Wildman–Crippen MR) is 118 cm³/mol. The number of likely N-dealkylation sites (tertiary alicyclic amines) is 1. The van der Waals surface area contributed by atoms with Crippen LogP contribution in [-0.4, -0.2) is 51.4 Å². The highest BCUT2D eigenvalue weighted by Gasteiger charge is 2.30. The molecule has 8 heteroatoms. The van der Waals surface area contributed by atoms with Crippen molar-refractivity contribution in [1.29, 1.82) is 0 Å². The molecule has 1 aliphatic heterocycles. The first-order chi connectivity index (χ1) is 14.9. The second-order valence-electron chi connectivity index (χ2n) is 7.37. The van der Waals surface area contributed by atoms with E-state index >= 15 is 0 Å². The average Bonchev–Trinajstić information content (AvgIpc) is 2.80. The number of hydrogen-bond donors (Lipinski definition) is 0. The van der Waals surface area contributed by atoms with Crippen molar-refractivity contribution in [3.63, 3.8) is 0 Å². The van der Waals surface area contributed by atoms with E-state index in [0.717, 1.165) is 6.42 Å². The highest BCUT2D eigenvalue weighted by Crippen LogP contribution is 2.24. The van der Waals surface area contributed by atoms with Crippen molar-refractivity contribution in [3.8, 4) is 0 Å². The van der Waals surface area contributed by atoms with E-state index in [1.165, 1.54) is 28.6 Å². The van der Waals surface area contributed by atoms with Crippen LogP contribution >= 0.6 is 0 Å². The van der Waals surface area contributed by atoms with Gasteiger partial charge < -0.3 is 9.64 Å². The Balaban J connectivity index is 1.76. The van der Waals surface area contributed by atoms with E-state index < -0.39 is 10.0 Å². The first-order valence-corrected chi connectivity index (χ1v) is 12.0. The smallest absolute Gasteiger partial charge is 0.310 e. The van der Waals surface area contributed by atoms with Crippen LogP contribution in [0.25, 0.3) is 0 Å². The molecule has 1 saturated heterocycles. The molecule has 166 valence electrons. The zero-order valence-electron chi connectivity index (χ0n) is 17.9. The maximum atomic E-state index is 13.1. The van der Waals surface area contributed by atoms with Gasteiger partial charge in [-0.2, -0.15) is 0 Å². The normalized spacial score (nSPS) is 16.6. The molecule has 1 heterocycles. The summed E-state index contributed by atoms with van der Waals surface area (Å²) in [5, 5.41) is 0. The van der Waals surface area contributed by atoms with Gasteiger partial charge in [-0.15, -0.1) is 0 Å². The Bertz CT molecular complexity index is 1010. The monoisotopic (exact) mass is 444 g/mol. The van der Waals surface area contributed by atoms with Crippen LogP contribution in [0, 0.1) is 5.92 Å². The number of carbonyl (C=O) groups is 2. The number of esters is 1. The highest BCUT2D eigenvalue weighted by molar-refractivity contribution is 7.92. The molecule has 2 aromatic rings. The van der Waals surface area contributed by atoms with Crippen molar-refractivity contribution in [1.82, 2.24) is 4.90 Å². The van der Waals surface area contributed by atoms with Crippen LogP contribution in [0.3, 0.4) is 0 Å². The van der Waals surface area contributed by atoms with Crippen LogP contribution in [-0.2, 0) is 19.6 Å². The molecule has 0 unspecified atom stereocenters. The molecule has 0 bridgehead atoms. The van der Waals surface area contributed by atoms with Crippen molar-refractivity contribution in [2.75, 3.05) is 30.5 Å². The molecule has 1 atom stereocenters. The summed E-state index contributed by atoms with van der Waals surface area (Å²) in [6, 6.07) is 14.9. The van der Waals surface area contributed by atoms with Gasteiger partial charge in [0, 0.05) is 25.2 Å². The minimum atomic E-state index is -3.75. The first-order valence-electron chi connectivity index (χ1n) is 10.5. The number of carbonyl (C=O) groups excluding carboxylic acids is 2. The summed E-state index contributed by atoms with van der Waals surface area (Å²) in [4.78, 5) is 26.7. The van der Waals surface area contributed by atoms with Crippen LogP contribution < -0.4 is 4.31 Å². The number of amides is 1. The van der Waals surface area contributed by atoms with Gasteiger partial charge >= 0.3 is 5.97 Å². The largest absolute Gasteiger partial charge is 0.466 e. The van der Waals surface area contributed by atoms with Gasteiger partial charge in [0.1, 0.15) is 0 Å². The Kier molecular flexibility index (Phi) is 7.33. The van der Waals surface area contributed by atoms with Gasteiger partial charge in [0.15, 0.2) is 0 Å². The second-order valence-corrected chi connectivity index (χ2v) is 9.23. The molecule has 0 aromatic heterocycles. The van der Waals surface area contributed by atoms with E-state index in [1.807, 2.05) is 6.07 Å². The number of ether oxygens (including phenoxy) is 1. The molecule has 1 fully saturated rings. The van der Waals surface area contributed by atoms with Gasteiger partial charge in [-0.1, -0.05) is 18.2 Å². The van der Waals surface area contributed by atoms with E-state index in [1.54, 1.807) is 43.0 Å². The van der Waals surface area contributed by atoms with Gasteiger partial charge in [-0.05, 0) is 63.1 Å². The number of piperidine rings is 1. The molecule has 31 heavy (non-hydrogen) atoms. The topological polar surface area (TPSA) is 84.0 Å². The third-order valence-corrected chi connectivity index (χ3v) is 7.27. The Morgan fingerprint density at radius 2 is 1.74 bits per heavy atom. The van der Waals surface area contributed by atoms with Crippen molar-refractivity contribution >= 4 is 27.6 Å². The fraction of sp³-hybridized carbons (Fsp3) is 0.391. The van der Waals surface area contributed by atoms with E-state index in [4.69, 9.17) is 4.74 Å². The van der Waals surface area contributed by atoms with Crippen molar-refractivity contribution in [2.24, 2.45) is 5.92 Å². The maximum absolute atomic E-state index is 13.1. The molecule has 1 aliphatic rings. The van der Waals surface area contributed by atoms with Gasteiger partial charge in [-0.25, -0.2) is 8.42 Å². The van der Waals surface area contributed by atoms with Gasteiger partial charge in [0.25, 0.3) is 15.9 Å². The number of hydrogen-bond acceptors (Lipinski definition) is 5. The first kappa shape index (κ1) is 22.8. The molecular weight excluding hydrogens is 416 g/mol. The van der Waals surface area contributed by atoms with E-state index in [0.29, 0.717) is 37.4 Å². The zero-order chi connectivity index (χ0) is 22.4. The molecule has 1 amide bonds. The van der Waals surface area contributed by atoms with Crippen LogP contribution in [0.15, 0.2) is 59.5 Å². The molecular formula is C23H28N2O5S. The Morgan fingerprint density at radius 3 is 2.35 bits per heavy atom. The van der Waals surface area contributed by atoms with Crippen LogP contribution in [0.4, 0.5) is 5.69 Å². The van der Waals surface area contributed by atoms with Gasteiger partial charge in [0.2, 0.25) is 0 Å². The molecule has 3 rings (SSSR count). The number of rotatable bonds is 7. The number of nitrogens with zero attached hydrogens (tertiary/aromatic N) is 2. The Labute approximate surface area is 183 Å². The fourth-order valence-corrected chi connectivity index (χ4v) is 5.25.